The highest BCUT2D eigenvalue weighted by atomic mass is 19.1. The molecule has 1 amide bonds. The molecule has 0 aliphatic rings. The van der Waals surface area contributed by atoms with Crippen molar-refractivity contribution >= 4 is 11.7 Å². The first-order chi connectivity index (χ1) is 9.20. The summed E-state index contributed by atoms with van der Waals surface area (Å²) in [6, 6.07) is 5.94. The molecule has 0 unspecified atom stereocenters. The molecule has 2 N–H and O–H groups in total. The second-order valence-corrected chi connectivity index (χ2v) is 3.89. The SMILES string of the molecule is CCc1cn[nH]c1NC(=O)COc1ccccc1F. The lowest BCUT2D eigenvalue weighted by Crippen LogP contribution is -2.21. The summed E-state index contributed by atoms with van der Waals surface area (Å²) in [7, 11) is 0. The molecule has 2 aromatic rings. The minimum atomic E-state index is -0.494. The van der Waals surface area contributed by atoms with E-state index >= 15 is 0 Å². The van der Waals surface area contributed by atoms with Gasteiger partial charge >= 0.3 is 0 Å². The van der Waals surface area contributed by atoms with Gasteiger partial charge in [-0.1, -0.05) is 19.1 Å². The van der Waals surface area contributed by atoms with E-state index in [1.807, 2.05) is 6.92 Å². The summed E-state index contributed by atoms with van der Waals surface area (Å²) in [5, 5.41) is 9.15. The number of ether oxygens (including phenoxy) is 1. The number of halogens is 1. The zero-order valence-electron chi connectivity index (χ0n) is 10.4. The molecular weight excluding hydrogens is 249 g/mol. The fraction of sp³-hybridized carbons (Fsp3) is 0.231. The van der Waals surface area contributed by atoms with Crippen LogP contribution in [0.1, 0.15) is 12.5 Å². The molecular formula is C13H14FN3O2. The molecule has 0 saturated heterocycles. The number of hydrogen-bond donors (Lipinski definition) is 2. The Morgan fingerprint density at radius 3 is 3.00 bits per heavy atom. The number of rotatable bonds is 5. The Morgan fingerprint density at radius 2 is 2.26 bits per heavy atom. The van der Waals surface area contributed by atoms with Crippen LogP contribution >= 0.6 is 0 Å². The fourth-order valence-electron chi connectivity index (χ4n) is 1.57. The lowest BCUT2D eigenvalue weighted by Gasteiger charge is -2.07. The van der Waals surface area contributed by atoms with Gasteiger partial charge in [-0.3, -0.25) is 9.89 Å². The highest BCUT2D eigenvalue weighted by Crippen LogP contribution is 2.15. The molecule has 1 aromatic carbocycles. The third-order valence-corrected chi connectivity index (χ3v) is 2.56. The third-order valence-electron chi connectivity index (χ3n) is 2.56. The van der Waals surface area contributed by atoms with Gasteiger partial charge in [-0.2, -0.15) is 5.10 Å². The molecule has 2 rings (SSSR count). The van der Waals surface area contributed by atoms with E-state index in [2.05, 4.69) is 15.5 Å². The second-order valence-electron chi connectivity index (χ2n) is 3.89. The summed E-state index contributed by atoms with van der Waals surface area (Å²) in [6.07, 6.45) is 2.40. The van der Waals surface area contributed by atoms with Crippen LogP contribution in [0.5, 0.6) is 5.75 Å². The van der Waals surface area contributed by atoms with Gasteiger partial charge in [0.25, 0.3) is 5.91 Å². The number of aromatic amines is 1. The minimum absolute atomic E-state index is 0.0537. The predicted molar refractivity (Wildman–Crippen MR) is 68.5 cm³/mol. The first kappa shape index (κ1) is 13.1. The molecule has 0 bridgehead atoms. The van der Waals surface area contributed by atoms with Crippen LogP contribution in [0.2, 0.25) is 0 Å². The Kier molecular flexibility index (Phi) is 4.12. The van der Waals surface area contributed by atoms with Crippen LogP contribution in [0.4, 0.5) is 10.2 Å². The zero-order chi connectivity index (χ0) is 13.7. The Balaban J connectivity index is 1.90. The van der Waals surface area contributed by atoms with Crippen LogP contribution in [0.25, 0.3) is 0 Å². The minimum Gasteiger partial charge on any atom is -0.481 e. The highest BCUT2D eigenvalue weighted by Gasteiger charge is 2.09. The number of anilines is 1. The Bertz CT molecular complexity index is 569. The first-order valence-electron chi connectivity index (χ1n) is 5.90. The summed E-state index contributed by atoms with van der Waals surface area (Å²) < 4.78 is 18.4. The summed E-state index contributed by atoms with van der Waals surface area (Å²) in [4.78, 5) is 11.7. The number of nitrogens with zero attached hydrogens (tertiary/aromatic N) is 1. The van der Waals surface area contributed by atoms with E-state index in [1.165, 1.54) is 12.1 Å². The lowest BCUT2D eigenvalue weighted by molar-refractivity contribution is -0.118. The van der Waals surface area contributed by atoms with E-state index < -0.39 is 5.82 Å². The quantitative estimate of drug-likeness (QED) is 0.868. The van der Waals surface area contributed by atoms with E-state index in [-0.39, 0.29) is 18.3 Å². The van der Waals surface area contributed by atoms with Crippen LogP contribution < -0.4 is 10.1 Å². The Morgan fingerprint density at radius 1 is 1.47 bits per heavy atom. The predicted octanol–water partition coefficient (Wildman–Crippen LogP) is 2.13. The second kappa shape index (κ2) is 5.99. The molecule has 0 fully saturated rings. The summed E-state index contributed by atoms with van der Waals surface area (Å²) >= 11 is 0. The number of carbonyl (C=O) groups excluding carboxylic acids is 1. The van der Waals surface area contributed by atoms with Gasteiger partial charge in [0.15, 0.2) is 18.2 Å². The number of aromatic nitrogens is 2. The number of hydrogen-bond acceptors (Lipinski definition) is 3. The fourth-order valence-corrected chi connectivity index (χ4v) is 1.57. The maximum Gasteiger partial charge on any atom is 0.263 e. The number of amides is 1. The van der Waals surface area contributed by atoms with E-state index in [9.17, 15) is 9.18 Å². The van der Waals surface area contributed by atoms with Gasteiger partial charge in [0.2, 0.25) is 0 Å². The monoisotopic (exact) mass is 263 g/mol. The third kappa shape index (κ3) is 3.31. The van der Waals surface area contributed by atoms with E-state index in [0.717, 1.165) is 12.0 Å². The maximum atomic E-state index is 13.3. The zero-order valence-corrected chi connectivity index (χ0v) is 10.4. The summed E-state index contributed by atoms with van der Waals surface area (Å²) in [5.74, 6) is -0.268. The Hall–Kier alpha value is -2.37. The maximum absolute atomic E-state index is 13.3. The standard InChI is InChI=1S/C13H14FN3O2/c1-2-9-7-15-17-13(9)16-12(18)8-19-11-6-4-3-5-10(11)14/h3-7H,2,8H2,1H3,(H2,15,16,17,18). The number of H-pyrrole nitrogens is 1. The van der Waals surface area contributed by atoms with Crippen molar-refractivity contribution in [3.8, 4) is 5.75 Å². The van der Waals surface area contributed by atoms with Crippen molar-refractivity contribution in [3.05, 3.63) is 41.8 Å². The molecule has 19 heavy (non-hydrogen) atoms. The molecule has 0 radical (unpaired) electrons. The molecule has 0 aliphatic heterocycles. The van der Waals surface area contributed by atoms with Crippen LogP contribution in [-0.4, -0.2) is 22.7 Å². The van der Waals surface area contributed by atoms with Crippen LogP contribution in [-0.2, 0) is 11.2 Å². The molecule has 6 heteroatoms. The van der Waals surface area contributed by atoms with Gasteiger partial charge in [-0.15, -0.1) is 0 Å². The topological polar surface area (TPSA) is 67.0 Å². The smallest absolute Gasteiger partial charge is 0.263 e. The molecule has 0 spiro atoms. The molecule has 1 heterocycles. The summed E-state index contributed by atoms with van der Waals surface area (Å²) in [5.41, 5.74) is 0.902. The average Bonchev–Trinajstić information content (AvgIpc) is 2.85. The van der Waals surface area contributed by atoms with Crippen LogP contribution in [0, 0.1) is 5.82 Å². The number of para-hydroxylation sites is 1. The van der Waals surface area contributed by atoms with Crippen molar-refractivity contribution < 1.29 is 13.9 Å². The van der Waals surface area contributed by atoms with E-state index in [0.29, 0.717) is 5.82 Å². The van der Waals surface area contributed by atoms with Crippen molar-refractivity contribution in [3.63, 3.8) is 0 Å². The van der Waals surface area contributed by atoms with Gasteiger partial charge in [0, 0.05) is 5.56 Å². The van der Waals surface area contributed by atoms with Gasteiger partial charge in [0.1, 0.15) is 5.82 Å². The van der Waals surface area contributed by atoms with Crippen molar-refractivity contribution in [2.45, 2.75) is 13.3 Å². The van der Waals surface area contributed by atoms with Crippen molar-refractivity contribution in [2.24, 2.45) is 0 Å². The largest absolute Gasteiger partial charge is 0.481 e. The van der Waals surface area contributed by atoms with Crippen LogP contribution in [0.15, 0.2) is 30.5 Å². The summed E-state index contributed by atoms with van der Waals surface area (Å²) in [6.45, 7) is 1.69. The normalized spacial score (nSPS) is 10.2. The average molecular weight is 263 g/mol. The van der Waals surface area contributed by atoms with Crippen molar-refractivity contribution in [1.82, 2.24) is 10.2 Å². The molecule has 0 saturated carbocycles. The van der Waals surface area contributed by atoms with Gasteiger partial charge in [-0.25, -0.2) is 4.39 Å². The van der Waals surface area contributed by atoms with Crippen LogP contribution in [0.3, 0.4) is 0 Å². The number of aryl methyl sites for hydroxylation is 1. The molecule has 0 aliphatic carbocycles. The lowest BCUT2D eigenvalue weighted by atomic mass is 10.2. The molecule has 0 atom stereocenters. The van der Waals surface area contributed by atoms with Crippen molar-refractivity contribution in [2.75, 3.05) is 11.9 Å². The Labute approximate surface area is 109 Å². The molecule has 100 valence electrons. The number of benzene rings is 1. The highest BCUT2D eigenvalue weighted by molar-refractivity contribution is 5.91. The van der Waals surface area contributed by atoms with E-state index in [4.69, 9.17) is 4.74 Å². The van der Waals surface area contributed by atoms with Gasteiger partial charge in [0.05, 0.1) is 6.20 Å². The van der Waals surface area contributed by atoms with Gasteiger partial charge in [-0.05, 0) is 18.6 Å². The van der Waals surface area contributed by atoms with Crippen molar-refractivity contribution in [1.29, 1.82) is 0 Å². The first-order valence-corrected chi connectivity index (χ1v) is 5.90. The number of carbonyl (C=O) groups is 1. The van der Waals surface area contributed by atoms with E-state index in [1.54, 1.807) is 18.3 Å². The number of nitrogens with one attached hydrogen (secondary N) is 2. The molecule has 5 nitrogen and oxygen atoms in total. The molecule has 1 aromatic heterocycles. The van der Waals surface area contributed by atoms with Gasteiger partial charge < -0.3 is 10.1 Å².